The number of fused-ring (bicyclic) bond motifs is 1. The zero-order chi connectivity index (χ0) is 19.5. The number of nitrogens with one attached hydrogen (secondary N) is 1. The molecule has 0 aliphatic heterocycles. The van der Waals surface area contributed by atoms with Gasteiger partial charge in [-0.2, -0.15) is 5.26 Å². The Labute approximate surface area is 164 Å². The summed E-state index contributed by atoms with van der Waals surface area (Å²) in [6, 6.07) is 18.0. The number of ether oxygens (including phenoxy) is 1. The van der Waals surface area contributed by atoms with Crippen molar-refractivity contribution < 1.29 is 9.53 Å². The number of benzene rings is 2. The number of hydrogen-bond acceptors (Lipinski definition) is 3. The third-order valence-corrected chi connectivity index (χ3v) is 5.34. The molecule has 1 aliphatic rings. The average molecular weight is 373 g/mol. The fourth-order valence-electron chi connectivity index (χ4n) is 3.68. The molecule has 1 aromatic heterocycles. The fourth-order valence-corrected chi connectivity index (χ4v) is 3.68. The van der Waals surface area contributed by atoms with Gasteiger partial charge in [-0.1, -0.05) is 30.3 Å². The third kappa shape index (κ3) is 3.39. The van der Waals surface area contributed by atoms with Crippen molar-refractivity contribution in [1.29, 1.82) is 5.26 Å². The molecule has 28 heavy (non-hydrogen) atoms. The molecule has 3 aromatic rings. The summed E-state index contributed by atoms with van der Waals surface area (Å²) < 4.78 is 7.71. The fraction of sp³-hybridized carbons (Fsp3) is 0.304. The highest BCUT2D eigenvalue weighted by atomic mass is 16.5. The largest absolute Gasteiger partial charge is 0.368 e. The predicted molar refractivity (Wildman–Crippen MR) is 110 cm³/mol. The van der Waals surface area contributed by atoms with Gasteiger partial charge in [0.05, 0.1) is 17.4 Å². The van der Waals surface area contributed by atoms with E-state index < -0.39 is 0 Å². The minimum atomic E-state index is -0.139. The van der Waals surface area contributed by atoms with Crippen molar-refractivity contribution in [3.8, 4) is 17.3 Å². The summed E-state index contributed by atoms with van der Waals surface area (Å²) in [5.41, 5.74) is 4.34. The number of hydrogen-bond donors (Lipinski definition) is 1. The van der Waals surface area contributed by atoms with Crippen LogP contribution in [-0.4, -0.2) is 23.2 Å². The van der Waals surface area contributed by atoms with Crippen molar-refractivity contribution in [1.82, 2.24) is 4.57 Å². The average Bonchev–Trinajstić information content (AvgIpc) is 3.01. The van der Waals surface area contributed by atoms with E-state index in [1.54, 1.807) is 0 Å². The molecule has 5 nitrogen and oxygen atoms in total. The second-order valence-corrected chi connectivity index (χ2v) is 7.09. The van der Waals surface area contributed by atoms with Gasteiger partial charge in [0.1, 0.15) is 12.7 Å². The van der Waals surface area contributed by atoms with Crippen LogP contribution in [0.25, 0.3) is 22.2 Å². The number of rotatable bonds is 6. The summed E-state index contributed by atoms with van der Waals surface area (Å²) in [5, 5.41) is 13.6. The van der Waals surface area contributed by atoms with Gasteiger partial charge in [0, 0.05) is 23.1 Å². The first kappa shape index (κ1) is 18.3. The van der Waals surface area contributed by atoms with Gasteiger partial charge in [-0.15, -0.1) is 0 Å². The predicted octanol–water partition coefficient (Wildman–Crippen LogP) is 4.71. The molecule has 0 atom stereocenters. The summed E-state index contributed by atoms with van der Waals surface area (Å²) in [7, 11) is 0. The van der Waals surface area contributed by atoms with Gasteiger partial charge >= 0.3 is 0 Å². The van der Waals surface area contributed by atoms with Crippen LogP contribution in [0.2, 0.25) is 0 Å². The Balaban J connectivity index is 1.57. The van der Waals surface area contributed by atoms with Crippen LogP contribution in [0.15, 0.2) is 48.5 Å². The zero-order valence-corrected chi connectivity index (χ0v) is 15.9. The Hall–Kier alpha value is -3.10. The standard InChI is InChI=1S/C23H23N3O2/c1-2-26-21-9-4-3-8-19(21)20(14-24)23(26)16-10-12-17(13-11-16)25-22(27)15-28-18-6-5-7-18/h3-4,8-13,18H,2,5-7,15H2,1H3,(H,25,27). The molecular formula is C23H23N3O2. The van der Waals surface area contributed by atoms with Gasteiger partial charge < -0.3 is 14.6 Å². The second-order valence-electron chi connectivity index (χ2n) is 7.09. The normalized spacial score (nSPS) is 13.9. The van der Waals surface area contributed by atoms with Gasteiger partial charge in [-0.25, -0.2) is 0 Å². The minimum Gasteiger partial charge on any atom is -0.368 e. The van der Waals surface area contributed by atoms with Crippen LogP contribution in [0.5, 0.6) is 0 Å². The molecule has 0 spiro atoms. The van der Waals surface area contributed by atoms with E-state index >= 15 is 0 Å². The Morgan fingerprint density at radius 2 is 1.96 bits per heavy atom. The molecule has 5 heteroatoms. The highest BCUT2D eigenvalue weighted by Gasteiger charge is 2.19. The summed E-state index contributed by atoms with van der Waals surface area (Å²) in [6.07, 6.45) is 3.53. The summed E-state index contributed by atoms with van der Waals surface area (Å²) in [4.78, 5) is 12.0. The number of aryl methyl sites for hydroxylation is 1. The third-order valence-electron chi connectivity index (χ3n) is 5.34. The maximum Gasteiger partial charge on any atom is 0.250 e. The number of anilines is 1. The molecule has 1 N–H and O–H groups in total. The van der Waals surface area contributed by atoms with E-state index in [1.807, 2.05) is 48.5 Å². The van der Waals surface area contributed by atoms with Crippen LogP contribution >= 0.6 is 0 Å². The number of carbonyl (C=O) groups excluding carboxylic acids is 1. The van der Waals surface area contributed by atoms with Crippen LogP contribution < -0.4 is 5.32 Å². The molecule has 1 aliphatic carbocycles. The second kappa shape index (κ2) is 7.87. The molecule has 0 bridgehead atoms. The lowest BCUT2D eigenvalue weighted by Gasteiger charge is -2.25. The highest BCUT2D eigenvalue weighted by Crippen LogP contribution is 2.34. The smallest absolute Gasteiger partial charge is 0.250 e. The maximum atomic E-state index is 12.0. The van der Waals surface area contributed by atoms with Crippen molar-refractivity contribution in [2.45, 2.75) is 38.8 Å². The molecular weight excluding hydrogens is 350 g/mol. The van der Waals surface area contributed by atoms with Gasteiger partial charge in [-0.05, 0) is 49.9 Å². The number of aromatic nitrogens is 1. The molecule has 0 saturated heterocycles. The van der Waals surface area contributed by atoms with E-state index in [0.29, 0.717) is 5.56 Å². The zero-order valence-electron chi connectivity index (χ0n) is 15.9. The quantitative estimate of drug-likeness (QED) is 0.680. The first-order chi connectivity index (χ1) is 13.7. The summed E-state index contributed by atoms with van der Waals surface area (Å²) in [5.74, 6) is -0.139. The van der Waals surface area contributed by atoms with Crippen molar-refractivity contribution in [3.63, 3.8) is 0 Å². The van der Waals surface area contributed by atoms with E-state index in [4.69, 9.17) is 4.74 Å². The summed E-state index contributed by atoms with van der Waals surface area (Å²) >= 11 is 0. The number of nitriles is 1. The van der Waals surface area contributed by atoms with E-state index in [9.17, 15) is 10.1 Å². The van der Waals surface area contributed by atoms with Crippen molar-refractivity contribution in [2.75, 3.05) is 11.9 Å². The molecule has 4 rings (SSSR count). The lowest BCUT2D eigenvalue weighted by Crippen LogP contribution is -2.27. The van der Waals surface area contributed by atoms with Crippen molar-refractivity contribution >= 4 is 22.5 Å². The van der Waals surface area contributed by atoms with E-state index in [2.05, 4.69) is 22.9 Å². The number of carbonyl (C=O) groups is 1. The van der Waals surface area contributed by atoms with E-state index in [1.165, 1.54) is 6.42 Å². The number of para-hydroxylation sites is 1. The minimum absolute atomic E-state index is 0.0923. The van der Waals surface area contributed by atoms with Gasteiger partial charge in [0.2, 0.25) is 5.91 Å². The van der Waals surface area contributed by atoms with Gasteiger partial charge in [0.15, 0.2) is 0 Å². The topological polar surface area (TPSA) is 67.1 Å². The summed E-state index contributed by atoms with van der Waals surface area (Å²) in [6.45, 7) is 2.94. The Morgan fingerprint density at radius 1 is 1.21 bits per heavy atom. The Bertz CT molecular complexity index is 1040. The molecule has 142 valence electrons. The van der Waals surface area contributed by atoms with Crippen LogP contribution in [0.4, 0.5) is 5.69 Å². The molecule has 2 aromatic carbocycles. The number of amides is 1. The molecule has 0 radical (unpaired) electrons. The maximum absolute atomic E-state index is 12.0. The van der Waals surface area contributed by atoms with Crippen molar-refractivity contribution in [3.05, 3.63) is 54.1 Å². The Morgan fingerprint density at radius 3 is 2.61 bits per heavy atom. The monoisotopic (exact) mass is 373 g/mol. The van der Waals surface area contributed by atoms with Gasteiger partial charge in [0.25, 0.3) is 0 Å². The Kier molecular flexibility index (Phi) is 5.14. The lowest BCUT2D eigenvalue weighted by atomic mass is 9.96. The first-order valence-corrected chi connectivity index (χ1v) is 9.74. The lowest BCUT2D eigenvalue weighted by molar-refractivity contribution is -0.124. The first-order valence-electron chi connectivity index (χ1n) is 9.74. The molecule has 0 unspecified atom stereocenters. The SMILES string of the molecule is CCn1c(-c2ccc(NC(=O)COC3CCC3)cc2)c(C#N)c2ccccc21. The van der Waals surface area contributed by atoms with Crippen LogP contribution in [0, 0.1) is 11.3 Å². The van der Waals surface area contributed by atoms with Crippen LogP contribution in [0.3, 0.4) is 0 Å². The highest BCUT2D eigenvalue weighted by molar-refractivity contribution is 5.95. The van der Waals surface area contributed by atoms with E-state index in [-0.39, 0.29) is 18.6 Å². The molecule has 1 fully saturated rings. The number of nitrogens with zero attached hydrogens (tertiary/aromatic N) is 2. The van der Waals surface area contributed by atoms with Crippen LogP contribution in [-0.2, 0) is 16.1 Å². The molecule has 1 heterocycles. The van der Waals surface area contributed by atoms with E-state index in [0.717, 1.165) is 47.2 Å². The van der Waals surface area contributed by atoms with Crippen molar-refractivity contribution in [2.24, 2.45) is 0 Å². The molecule has 1 amide bonds. The van der Waals surface area contributed by atoms with Gasteiger partial charge in [-0.3, -0.25) is 4.79 Å². The molecule has 1 saturated carbocycles. The van der Waals surface area contributed by atoms with Crippen LogP contribution in [0.1, 0.15) is 31.7 Å².